The molecule has 0 atom stereocenters. The molecule has 0 aliphatic rings. The van der Waals surface area contributed by atoms with Crippen LogP contribution in [0.1, 0.15) is 22.6 Å². The van der Waals surface area contributed by atoms with Crippen LogP contribution in [0.25, 0.3) is 11.0 Å². The lowest BCUT2D eigenvalue weighted by Crippen LogP contribution is -2.14. The maximum absolute atomic E-state index is 12.0. The molecule has 2 aromatic heterocycles. The molecule has 118 valence electrons. The van der Waals surface area contributed by atoms with Crippen molar-refractivity contribution in [3.8, 4) is 0 Å². The molecule has 3 rings (SSSR count). The van der Waals surface area contributed by atoms with E-state index >= 15 is 0 Å². The summed E-state index contributed by atoms with van der Waals surface area (Å²) in [7, 11) is 1.88. The van der Waals surface area contributed by atoms with Gasteiger partial charge >= 0.3 is 0 Å². The van der Waals surface area contributed by atoms with Gasteiger partial charge in [0.05, 0.1) is 11.0 Å². The Kier molecular flexibility index (Phi) is 3.80. The first kappa shape index (κ1) is 14.8. The van der Waals surface area contributed by atoms with E-state index in [1.807, 2.05) is 17.8 Å². The number of fused-ring (bicyclic) bond motifs is 1. The molecule has 23 heavy (non-hydrogen) atoms. The van der Waals surface area contributed by atoms with E-state index in [9.17, 15) is 9.59 Å². The first-order valence-corrected chi connectivity index (χ1v) is 7.08. The Morgan fingerprint density at radius 1 is 1.39 bits per heavy atom. The maximum Gasteiger partial charge on any atom is 0.248 e. The molecule has 0 unspecified atom stereocenters. The van der Waals surface area contributed by atoms with Gasteiger partial charge in [-0.25, -0.2) is 9.97 Å². The number of amides is 2. The lowest BCUT2D eigenvalue weighted by Gasteiger charge is -2.02. The lowest BCUT2D eigenvalue weighted by atomic mass is 10.2. The van der Waals surface area contributed by atoms with Gasteiger partial charge in [0.2, 0.25) is 17.8 Å². The number of carbonyl (C=O) groups is 2. The number of aromatic nitrogens is 4. The minimum Gasteiger partial charge on any atom is -0.366 e. The largest absolute Gasteiger partial charge is 0.366 e. The third-order valence-electron chi connectivity index (χ3n) is 3.52. The summed E-state index contributed by atoms with van der Waals surface area (Å²) < 4.78 is 1.87. The zero-order valence-electron chi connectivity index (χ0n) is 12.5. The summed E-state index contributed by atoms with van der Waals surface area (Å²) >= 11 is 0. The lowest BCUT2D eigenvalue weighted by molar-refractivity contribution is -0.116. The van der Waals surface area contributed by atoms with Gasteiger partial charge in [0, 0.05) is 37.8 Å². The molecule has 0 radical (unpaired) electrons. The van der Waals surface area contributed by atoms with Crippen LogP contribution < -0.4 is 11.1 Å². The van der Waals surface area contributed by atoms with Crippen molar-refractivity contribution in [3.05, 3.63) is 42.0 Å². The van der Waals surface area contributed by atoms with E-state index in [4.69, 9.17) is 5.73 Å². The summed E-state index contributed by atoms with van der Waals surface area (Å²) in [6.07, 6.45) is 4.38. The quantitative estimate of drug-likeness (QED) is 0.650. The molecule has 3 aromatic rings. The SMILES string of the molecule is Cn1ccnc1CCC(=O)Nc1nc2ccc(C(N)=O)cc2[nH]1. The van der Waals surface area contributed by atoms with Crippen molar-refractivity contribution in [2.75, 3.05) is 5.32 Å². The molecule has 0 aliphatic heterocycles. The second kappa shape index (κ2) is 5.91. The van der Waals surface area contributed by atoms with Crippen molar-refractivity contribution in [1.29, 1.82) is 0 Å². The van der Waals surface area contributed by atoms with E-state index in [1.54, 1.807) is 24.4 Å². The predicted octanol–water partition coefficient (Wildman–Crippen LogP) is 0.967. The van der Waals surface area contributed by atoms with Crippen molar-refractivity contribution in [1.82, 2.24) is 19.5 Å². The monoisotopic (exact) mass is 312 g/mol. The molecular weight excluding hydrogens is 296 g/mol. The van der Waals surface area contributed by atoms with Gasteiger partial charge in [-0.05, 0) is 18.2 Å². The Morgan fingerprint density at radius 3 is 2.91 bits per heavy atom. The van der Waals surface area contributed by atoms with Gasteiger partial charge in [0.25, 0.3) is 0 Å². The molecule has 0 spiro atoms. The molecule has 8 nitrogen and oxygen atoms in total. The van der Waals surface area contributed by atoms with Crippen molar-refractivity contribution in [2.24, 2.45) is 12.8 Å². The summed E-state index contributed by atoms with van der Waals surface area (Å²) in [5.74, 6) is 0.506. The van der Waals surface area contributed by atoms with Crippen molar-refractivity contribution in [2.45, 2.75) is 12.8 Å². The number of imidazole rings is 2. The fraction of sp³-hybridized carbons (Fsp3) is 0.200. The second-order valence-corrected chi connectivity index (χ2v) is 5.18. The minimum absolute atomic E-state index is 0.165. The predicted molar refractivity (Wildman–Crippen MR) is 84.8 cm³/mol. The fourth-order valence-corrected chi connectivity index (χ4v) is 2.28. The highest BCUT2D eigenvalue weighted by molar-refractivity contribution is 5.97. The Balaban J connectivity index is 1.67. The number of carbonyl (C=O) groups excluding carboxylic acids is 2. The Labute approximate surface area is 131 Å². The summed E-state index contributed by atoms with van der Waals surface area (Å²) in [5.41, 5.74) is 6.91. The van der Waals surface area contributed by atoms with Gasteiger partial charge < -0.3 is 15.3 Å². The number of benzene rings is 1. The van der Waals surface area contributed by atoms with E-state index in [-0.39, 0.29) is 5.91 Å². The van der Waals surface area contributed by atoms with E-state index < -0.39 is 5.91 Å². The highest BCUT2D eigenvalue weighted by Gasteiger charge is 2.10. The van der Waals surface area contributed by atoms with Crippen LogP contribution >= 0.6 is 0 Å². The number of hydrogen-bond acceptors (Lipinski definition) is 4. The van der Waals surface area contributed by atoms with Crippen LogP contribution in [0.3, 0.4) is 0 Å². The number of anilines is 1. The average Bonchev–Trinajstić information content (AvgIpc) is 3.09. The van der Waals surface area contributed by atoms with E-state index in [2.05, 4.69) is 20.3 Å². The molecule has 1 aromatic carbocycles. The Morgan fingerprint density at radius 2 is 2.22 bits per heavy atom. The van der Waals surface area contributed by atoms with Gasteiger partial charge in [-0.2, -0.15) is 0 Å². The van der Waals surface area contributed by atoms with Gasteiger partial charge in [-0.15, -0.1) is 0 Å². The molecule has 4 N–H and O–H groups in total. The number of primary amides is 1. The molecule has 8 heteroatoms. The van der Waals surface area contributed by atoms with Crippen LogP contribution in [0.4, 0.5) is 5.95 Å². The van der Waals surface area contributed by atoms with Crippen LogP contribution in [-0.4, -0.2) is 31.3 Å². The topological polar surface area (TPSA) is 119 Å². The van der Waals surface area contributed by atoms with Crippen LogP contribution in [0.2, 0.25) is 0 Å². The van der Waals surface area contributed by atoms with Crippen LogP contribution in [-0.2, 0) is 18.3 Å². The molecular formula is C15H16N6O2. The first-order valence-electron chi connectivity index (χ1n) is 7.08. The number of nitrogens with two attached hydrogens (primary N) is 1. The minimum atomic E-state index is -0.512. The summed E-state index contributed by atoms with van der Waals surface area (Å²) in [6.45, 7) is 0. The average molecular weight is 312 g/mol. The number of H-pyrrole nitrogens is 1. The third-order valence-corrected chi connectivity index (χ3v) is 3.52. The fourth-order valence-electron chi connectivity index (χ4n) is 2.28. The summed E-state index contributed by atoms with van der Waals surface area (Å²) in [5, 5.41) is 2.70. The molecule has 2 heterocycles. The molecule has 0 saturated carbocycles. The zero-order chi connectivity index (χ0) is 16.4. The Bertz CT molecular complexity index is 879. The number of rotatable bonds is 5. The molecule has 0 aliphatic carbocycles. The number of aromatic amines is 1. The van der Waals surface area contributed by atoms with E-state index in [0.29, 0.717) is 35.4 Å². The molecule has 2 amide bonds. The number of hydrogen-bond donors (Lipinski definition) is 3. The molecule has 0 saturated heterocycles. The van der Waals surface area contributed by atoms with Gasteiger partial charge in [-0.1, -0.05) is 0 Å². The van der Waals surface area contributed by atoms with Crippen LogP contribution in [0.5, 0.6) is 0 Å². The van der Waals surface area contributed by atoms with Gasteiger partial charge in [0.1, 0.15) is 5.82 Å². The van der Waals surface area contributed by atoms with E-state index in [0.717, 1.165) is 5.82 Å². The van der Waals surface area contributed by atoms with Gasteiger partial charge in [-0.3, -0.25) is 14.9 Å². The van der Waals surface area contributed by atoms with Crippen molar-refractivity contribution < 1.29 is 9.59 Å². The summed E-state index contributed by atoms with van der Waals surface area (Å²) in [6, 6.07) is 4.88. The number of aryl methyl sites for hydroxylation is 2. The van der Waals surface area contributed by atoms with E-state index in [1.165, 1.54) is 0 Å². The normalized spacial score (nSPS) is 10.8. The number of nitrogens with one attached hydrogen (secondary N) is 2. The Hall–Kier alpha value is -3.16. The third kappa shape index (κ3) is 3.20. The van der Waals surface area contributed by atoms with Crippen LogP contribution in [0.15, 0.2) is 30.6 Å². The van der Waals surface area contributed by atoms with Gasteiger partial charge in [0.15, 0.2) is 0 Å². The second-order valence-electron chi connectivity index (χ2n) is 5.18. The molecule has 0 bridgehead atoms. The highest BCUT2D eigenvalue weighted by atomic mass is 16.2. The van der Waals surface area contributed by atoms with Crippen LogP contribution in [0, 0.1) is 0 Å². The van der Waals surface area contributed by atoms with Crippen molar-refractivity contribution in [3.63, 3.8) is 0 Å². The summed E-state index contributed by atoms with van der Waals surface area (Å²) in [4.78, 5) is 34.5. The number of nitrogens with zero attached hydrogens (tertiary/aromatic N) is 3. The zero-order valence-corrected chi connectivity index (χ0v) is 12.5. The van der Waals surface area contributed by atoms with Crippen molar-refractivity contribution >= 4 is 28.8 Å². The smallest absolute Gasteiger partial charge is 0.248 e. The maximum atomic E-state index is 12.0. The highest BCUT2D eigenvalue weighted by Crippen LogP contribution is 2.16. The first-order chi connectivity index (χ1) is 11.0. The standard InChI is InChI=1S/C15H16N6O2/c1-21-7-6-17-12(21)4-5-13(22)20-15-18-10-3-2-9(14(16)23)8-11(10)19-15/h2-3,6-8H,4-5H2,1H3,(H2,16,23)(H2,18,19,20,22). The molecule has 0 fully saturated rings.